The van der Waals surface area contributed by atoms with Crippen LogP contribution in [0.4, 0.5) is 18.3 Å². The molecule has 5 aromatic rings. The van der Waals surface area contributed by atoms with E-state index in [1.54, 1.807) is 18.2 Å². The van der Waals surface area contributed by atoms with E-state index in [1.807, 2.05) is 35.7 Å². The van der Waals surface area contributed by atoms with Crippen LogP contribution in [-0.2, 0) is 6.18 Å². The topological polar surface area (TPSA) is 67.5 Å². The number of benzene rings is 3. The van der Waals surface area contributed by atoms with E-state index in [0.29, 0.717) is 15.1 Å². The summed E-state index contributed by atoms with van der Waals surface area (Å²) in [4.78, 5) is 22.0. The van der Waals surface area contributed by atoms with Crippen LogP contribution in [0.5, 0.6) is 5.88 Å². The molecule has 0 aliphatic heterocycles. The summed E-state index contributed by atoms with van der Waals surface area (Å²) in [6, 6.07) is 20.5. The number of hydrogen-bond acceptors (Lipinski definition) is 5. The normalized spacial score (nSPS) is 12.0. The van der Waals surface area contributed by atoms with Crippen molar-refractivity contribution in [1.82, 2.24) is 9.55 Å². The fourth-order valence-electron chi connectivity index (χ4n) is 3.81. The van der Waals surface area contributed by atoms with Crippen molar-refractivity contribution >= 4 is 33.5 Å². The molecule has 1 N–H and O–H groups in total. The summed E-state index contributed by atoms with van der Waals surface area (Å²) >= 11 is 1.28. The zero-order valence-corrected chi connectivity index (χ0v) is 18.7. The fourth-order valence-corrected chi connectivity index (χ4v) is 4.48. The minimum atomic E-state index is -4.73. The number of pyridine rings is 1. The van der Waals surface area contributed by atoms with Crippen molar-refractivity contribution in [3.63, 3.8) is 0 Å². The average Bonchev–Trinajstić information content (AvgIpc) is 3.33. The van der Waals surface area contributed by atoms with Crippen LogP contribution < -0.4 is 5.56 Å². The molecule has 9 heteroatoms. The lowest BCUT2D eigenvalue weighted by atomic mass is 10.1. The third kappa shape index (κ3) is 4.22. The number of aromatic nitrogens is 2. The van der Waals surface area contributed by atoms with E-state index >= 15 is 0 Å². The zero-order chi connectivity index (χ0) is 24.6. The average molecular weight is 491 g/mol. The van der Waals surface area contributed by atoms with Gasteiger partial charge >= 0.3 is 6.18 Å². The standard InChI is InChI=1S/C26H16F3N3O2S/c27-26(28,29)20-12-6-7-13-22(20)32-23(33)18-11-5-4-10-17(18)19(24(32)34)14-30-25-31-21(15-35-25)16-8-2-1-3-9-16/h1-15,34H. The van der Waals surface area contributed by atoms with Crippen LogP contribution in [0.3, 0.4) is 0 Å². The molecule has 35 heavy (non-hydrogen) atoms. The summed E-state index contributed by atoms with van der Waals surface area (Å²) in [5.74, 6) is -0.644. The van der Waals surface area contributed by atoms with E-state index in [4.69, 9.17) is 0 Å². The highest BCUT2D eigenvalue weighted by Gasteiger charge is 2.34. The lowest BCUT2D eigenvalue weighted by molar-refractivity contribution is -0.137. The van der Waals surface area contributed by atoms with Gasteiger partial charge in [0, 0.05) is 27.9 Å². The first-order valence-corrected chi connectivity index (χ1v) is 11.3. The van der Waals surface area contributed by atoms with E-state index < -0.39 is 28.9 Å². The maximum absolute atomic E-state index is 13.7. The number of para-hydroxylation sites is 1. The Bertz CT molecular complexity index is 1620. The van der Waals surface area contributed by atoms with Gasteiger partial charge in [0.2, 0.25) is 11.0 Å². The molecule has 0 saturated heterocycles. The predicted molar refractivity (Wildman–Crippen MR) is 131 cm³/mol. The number of halogens is 3. The Balaban J connectivity index is 1.68. The molecule has 0 aliphatic rings. The second-order valence-corrected chi connectivity index (χ2v) is 8.41. The highest BCUT2D eigenvalue weighted by Crippen LogP contribution is 2.36. The summed E-state index contributed by atoms with van der Waals surface area (Å²) in [5.41, 5.74) is -0.538. The molecule has 174 valence electrons. The quantitative estimate of drug-likeness (QED) is 0.289. The predicted octanol–water partition coefficient (Wildman–Crippen LogP) is 6.59. The van der Waals surface area contributed by atoms with Gasteiger partial charge in [0.1, 0.15) is 0 Å². The van der Waals surface area contributed by atoms with Gasteiger partial charge < -0.3 is 5.11 Å². The summed E-state index contributed by atoms with van der Waals surface area (Å²) in [6.07, 6.45) is -3.41. The smallest absolute Gasteiger partial charge is 0.418 e. The van der Waals surface area contributed by atoms with Crippen molar-refractivity contribution in [3.05, 3.63) is 106 Å². The van der Waals surface area contributed by atoms with E-state index in [-0.39, 0.29) is 10.9 Å². The number of alkyl halides is 3. The number of thiazole rings is 1. The molecule has 2 heterocycles. The number of nitrogens with zero attached hydrogens (tertiary/aromatic N) is 3. The maximum Gasteiger partial charge on any atom is 0.418 e. The van der Waals surface area contributed by atoms with Crippen LogP contribution in [0.15, 0.2) is 94.0 Å². The molecule has 5 rings (SSSR count). The second-order valence-electron chi connectivity index (χ2n) is 7.58. The highest BCUT2D eigenvalue weighted by molar-refractivity contribution is 7.13. The molecule has 5 nitrogen and oxygen atoms in total. The molecule has 0 atom stereocenters. The Morgan fingerprint density at radius 1 is 0.914 bits per heavy atom. The number of hydrogen-bond donors (Lipinski definition) is 1. The maximum atomic E-state index is 13.7. The second kappa shape index (κ2) is 8.84. The first-order chi connectivity index (χ1) is 16.8. The van der Waals surface area contributed by atoms with Gasteiger partial charge in [-0.15, -0.1) is 11.3 Å². The van der Waals surface area contributed by atoms with E-state index in [2.05, 4.69) is 9.98 Å². The molecule has 0 bridgehead atoms. The van der Waals surface area contributed by atoms with Crippen LogP contribution in [0.25, 0.3) is 27.7 Å². The number of aromatic hydroxyl groups is 1. The van der Waals surface area contributed by atoms with Crippen molar-refractivity contribution < 1.29 is 18.3 Å². The third-order valence-corrected chi connectivity index (χ3v) is 6.17. The first-order valence-electron chi connectivity index (χ1n) is 10.4. The van der Waals surface area contributed by atoms with Crippen LogP contribution in [0.2, 0.25) is 0 Å². The summed E-state index contributed by atoms with van der Waals surface area (Å²) in [5, 5.41) is 13.8. The van der Waals surface area contributed by atoms with Crippen molar-refractivity contribution in [2.24, 2.45) is 4.99 Å². The van der Waals surface area contributed by atoms with E-state index in [1.165, 1.54) is 35.8 Å². The lowest BCUT2D eigenvalue weighted by Crippen LogP contribution is -2.23. The van der Waals surface area contributed by atoms with Crippen molar-refractivity contribution in [2.75, 3.05) is 0 Å². The number of rotatable bonds is 4. The molecule has 0 radical (unpaired) electrons. The fraction of sp³-hybridized carbons (Fsp3) is 0.0385. The lowest BCUT2D eigenvalue weighted by Gasteiger charge is -2.17. The van der Waals surface area contributed by atoms with Gasteiger partial charge in [0.25, 0.3) is 5.56 Å². The zero-order valence-electron chi connectivity index (χ0n) is 17.9. The highest BCUT2D eigenvalue weighted by atomic mass is 32.1. The monoisotopic (exact) mass is 491 g/mol. The molecule has 0 spiro atoms. The Morgan fingerprint density at radius 3 is 2.31 bits per heavy atom. The van der Waals surface area contributed by atoms with Gasteiger partial charge in [-0.2, -0.15) is 13.2 Å². The summed E-state index contributed by atoms with van der Waals surface area (Å²) in [7, 11) is 0. The molecule has 0 unspecified atom stereocenters. The molecule has 0 amide bonds. The van der Waals surface area contributed by atoms with Gasteiger partial charge in [-0.1, -0.05) is 60.7 Å². The number of aliphatic imine (C=N–C) groups is 1. The molecule has 0 aliphatic carbocycles. The van der Waals surface area contributed by atoms with E-state index in [9.17, 15) is 23.1 Å². The number of fused-ring (bicyclic) bond motifs is 1. The third-order valence-electron chi connectivity index (χ3n) is 5.42. The Kier molecular flexibility index (Phi) is 5.70. The van der Waals surface area contributed by atoms with Crippen LogP contribution in [-0.4, -0.2) is 20.9 Å². The SMILES string of the molecule is O=c1c2ccccc2c(C=Nc2nc(-c3ccccc3)cs2)c(O)n1-c1ccccc1C(F)(F)F. The van der Waals surface area contributed by atoms with Crippen LogP contribution in [0.1, 0.15) is 11.1 Å². The van der Waals surface area contributed by atoms with Crippen LogP contribution in [0, 0.1) is 0 Å². The summed E-state index contributed by atoms with van der Waals surface area (Å²) in [6.45, 7) is 0. The molecular formula is C26H16F3N3O2S. The van der Waals surface area contributed by atoms with Crippen molar-refractivity contribution in [2.45, 2.75) is 6.18 Å². The van der Waals surface area contributed by atoms with Crippen LogP contribution >= 0.6 is 11.3 Å². The first kappa shape index (κ1) is 22.5. The minimum Gasteiger partial charge on any atom is -0.494 e. The minimum absolute atomic E-state index is 0.105. The van der Waals surface area contributed by atoms with Gasteiger partial charge in [-0.05, 0) is 18.2 Å². The molecule has 0 fully saturated rings. The molecule has 3 aromatic carbocycles. The van der Waals surface area contributed by atoms with Gasteiger partial charge in [0.05, 0.1) is 22.5 Å². The summed E-state index contributed by atoms with van der Waals surface area (Å²) < 4.78 is 41.8. The van der Waals surface area contributed by atoms with E-state index in [0.717, 1.165) is 23.4 Å². The van der Waals surface area contributed by atoms with Gasteiger partial charge in [-0.25, -0.2) is 14.5 Å². The Labute approximate surface area is 201 Å². The molecule has 2 aromatic heterocycles. The van der Waals surface area contributed by atoms with Gasteiger partial charge in [0.15, 0.2) is 0 Å². The Hall–Kier alpha value is -4.24. The Morgan fingerprint density at radius 2 is 1.57 bits per heavy atom. The molecular weight excluding hydrogens is 475 g/mol. The molecule has 0 saturated carbocycles. The van der Waals surface area contributed by atoms with Crippen molar-refractivity contribution in [3.8, 4) is 22.8 Å². The van der Waals surface area contributed by atoms with Crippen molar-refractivity contribution in [1.29, 1.82) is 0 Å². The largest absolute Gasteiger partial charge is 0.494 e. The van der Waals surface area contributed by atoms with Gasteiger partial charge in [-0.3, -0.25) is 4.79 Å².